The molecule has 0 aliphatic rings. The van der Waals surface area contributed by atoms with E-state index in [4.69, 9.17) is 0 Å². The van der Waals surface area contributed by atoms with Crippen molar-refractivity contribution in [3.63, 3.8) is 0 Å². The van der Waals surface area contributed by atoms with Crippen molar-refractivity contribution in [2.45, 2.75) is 20.8 Å². The Kier molecular flexibility index (Phi) is 3.95. The standard InChI is InChI=1S/C21H18N2/c1-14-4-8-17(9-5-14)19-12-21(23-16(3)20(19)13-22)18-10-6-15(2)7-11-18/h4-12H,1-3H3. The van der Waals surface area contributed by atoms with Gasteiger partial charge < -0.3 is 0 Å². The fraction of sp³-hybridized carbons (Fsp3) is 0.143. The number of aryl methyl sites for hydroxylation is 3. The summed E-state index contributed by atoms with van der Waals surface area (Å²) in [4.78, 5) is 4.63. The second-order valence-electron chi connectivity index (χ2n) is 5.86. The van der Waals surface area contributed by atoms with Gasteiger partial charge in [-0.05, 0) is 32.4 Å². The first kappa shape index (κ1) is 15.0. The maximum absolute atomic E-state index is 9.52. The zero-order valence-electron chi connectivity index (χ0n) is 13.6. The number of pyridine rings is 1. The van der Waals surface area contributed by atoms with Gasteiger partial charge in [-0.15, -0.1) is 0 Å². The lowest BCUT2D eigenvalue weighted by Crippen LogP contribution is -1.96. The lowest BCUT2D eigenvalue weighted by Gasteiger charge is -2.11. The van der Waals surface area contributed by atoms with E-state index in [1.165, 1.54) is 11.1 Å². The minimum atomic E-state index is 0.643. The minimum absolute atomic E-state index is 0.643. The second-order valence-corrected chi connectivity index (χ2v) is 5.86. The molecule has 2 nitrogen and oxygen atoms in total. The molecule has 0 saturated heterocycles. The number of nitriles is 1. The number of hydrogen-bond donors (Lipinski definition) is 0. The van der Waals surface area contributed by atoms with Crippen LogP contribution in [-0.2, 0) is 0 Å². The number of aromatic nitrogens is 1. The monoisotopic (exact) mass is 298 g/mol. The van der Waals surface area contributed by atoms with E-state index >= 15 is 0 Å². The van der Waals surface area contributed by atoms with E-state index in [9.17, 15) is 5.26 Å². The molecule has 3 rings (SSSR count). The SMILES string of the molecule is Cc1ccc(-c2cc(-c3ccc(C)cc3)c(C#N)c(C)n2)cc1. The minimum Gasteiger partial charge on any atom is -0.252 e. The molecular formula is C21H18N2. The van der Waals surface area contributed by atoms with Crippen LogP contribution in [0.4, 0.5) is 0 Å². The van der Waals surface area contributed by atoms with E-state index in [1.807, 2.05) is 13.0 Å². The Morgan fingerprint density at radius 3 is 1.83 bits per heavy atom. The summed E-state index contributed by atoms with van der Waals surface area (Å²) in [6, 6.07) is 20.9. The molecule has 1 heterocycles. The second kappa shape index (κ2) is 6.06. The zero-order valence-corrected chi connectivity index (χ0v) is 13.6. The highest BCUT2D eigenvalue weighted by atomic mass is 14.7. The third-order valence-corrected chi connectivity index (χ3v) is 4.02. The molecule has 0 unspecified atom stereocenters. The predicted octanol–water partition coefficient (Wildman–Crippen LogP) is 5.21. The first-order valence-corrected chi connectivity index (χ1v) is 7.64. The molecule has 0 bridgehead atoms. The predicted molar refractivity (Wildman–Crippen MR) is 94.0 cm³/mol. The Hall–Kier alpha value is -2.92. The Labute approximate surface area is 137 Å². The molecule has 2 aromatic carbocycles. The van der Waals surface area contributed by atoms with E-state index < -0.39 is 0 Å². The molecule has 3 aromatic rings. The molecule has 0 saturated carbocycles. The van der Waals surface area contributed by atoms with Crippen molar-refractivity contribution in [3.8, 4) is 28.5 Å². The van der Waals surface area contributed by atoms with E-state index in [2.05, 4.69) is 73.4 Å². The van der Waals surface area contributed by atoms with E-state index in [1.54, 1.807) is 0 Å². The summed E-state index contributed by atoms with van der Waals surface area (Å²) in [6.07, 6.45) is 0. The van der Waals surface area contributed by atoms with Crippen LogP contribution in [0.15, 0.2) is 54.6 Å². The largest absolute Gasteiger partial charge is 0.252 e. The van der Waals surface area contributed by atoms with Gasteiger partial charge in [0.05, 0.1) is 17.0 Å². The summed E-state index contributed by atoms with van der Waals surface area (Å²) in [7, 11) is 0. The number of nitrogens with zero attached hydrogens (tertiary/aromatic N) is 2. The highest BCUT2D eigenvalue weighted by Gasteiger charge is 2.12. The van der Waals surface area contributed by atoms with Crippen molar-refractivity contribution < 1.29 is 0 Å². The van der Waals surface area contributed by atoms with Crippen LogP contribution in [0.5, 0.6) is 0 Å². The van der Waals surface area contributed by atoms with Gasteiger partial charge in [-0.2, -0.15) is 5.26 Å². The van der Waals surface area contributed by atoms with Crippen LogP contribution >= 0.6 is 0 Å². The number of benzene rings is 2. The Morgan fingerprint density at radius 2 is 1.30 bits per heavy atom. The fourth-order valence-corrected chi connectivity index (χ4v) is 2.65. The summed E-state index contributed by atoms with van der Waals surface area (Å²) in [5, 5.41) is 9.52. The van der Waals surface area contributed by atoms with Gasteiger partial charge in [0.1, 0.15) is 6.07 Å². The molecule has 0 amide bonds. The quantitative estimate of drug-likeness (QED) is 0.651. The molecule has 1 aromatic heterocycles. The maximum atomic E-state index is 9.52. The first-order valence-electron chi connectivity index (χ1n) is 7.64. The van der Waals surface area contributed by atoms with Gasteiger partial charge >= 0.3 is 0 Å². The van der Waals surface area contributed by atoms with Gasteiger partial charge in [-0.3, -0.25) is 4.98 Å². The normalized spacial score (nSPS) is 10.3. The van der Waals surface area contributed by atoms with Crippen molar-refractivity contribution >= 4 is 0 Å². The van der Waals surface area contributed by atoms with Crippen molar-refractivity contribution in [2.75, 3.05) is 0 Å². The molecule has 2 heteroatoms. The molecule has 112 valence electrons. The highest BCUT2D eigenvalue weighted by Crippen LogP contribution is 2.30. The zero-order chi connectivity index (χ0) is 16.4. The summed E-state index contributed by atoms with van der Waals surface area (Å²) >= 11 is 0. The average Bonchev–Trinajstić information content (AvgIpc) is 2.55. The molecule has 0 atom stereocenters. The summed E-state index contributed by atoms with van der Waals surface area (Å²) in [6.45, 7) is 6.03. The summed E-state index contributed by atoms with van der Waals surface area (Å²) in [5.74, 6) is 0. The van der Waals surface area contributed by atoms with Gasteiger partial charge in [0.2, 0.25) is 0 Å². The van der Waals surface area contributed by atoms with Crippen LogP contribution in [0, 0.1) is 32.1 Å². The van der Waals surface area contributed by atoms with Crippen LogP contribution in [0.3, 0.4) is 0 Å². The third kappa shape index (κ3) is 3.00. The van der Waals surface area contributed by atoms with Crippen LogP contribution < -0.4 is 0 Å². The lowest BCUT2D eigenvalue weighted by atomic mass is 9.96. The van der Waals surface area contributed by atoms with Gasteiger partial charge in [0.15, 0.2) is 0 Å². The fourth-order valence-electron chi connectivity index (χ4n) is 2.65. The van der Waals surface area contributed by atoms with Crippen molar-refractivity contribution in [1.29, 1.82) is 5.26 Å². The van der Waals surface area contributed by atoms with Gasteiger partial charge in [0.25, 0.3) is 0 Å². The number of hydrogen-bond acceptors (Lipinski definition) is 2. The first-order chi connectivity index (χ1) is 11.1. The molecule has 0 fully saturated rings. The van der Waals surface area contributed by atoms with Crippen molar-refractivity contribution in [2.24, 2.45) is 0 Å². The third-order valence-electron chi connectivity index (χ3n) is 4.02. The Balaban J connectivity index is 2.20. The molecule has 0 aliphatic carbocycles. The highest BCUT2D eigenvalue weighted by molar-refractivity contribution is 5.76. The van der Waals surface area contributed by atoms with Crippen LogP contribution in [0.1, 0.15) is 22.4 Å². The van der Waals surface area contributed by atoms with Crippen LogP contribution in [0.2, 0.25) is 0 Å². The van der Waals surface area contributed by atoms with Crippen LogP contribution in [0.25, 0.3) is 22.4 Å². The van der Waals surface area contributed by atoms with Gasteiger partial charge in [-0.25, -0.2) is 0 Å². The van der Waals surface area contributed by atoms with Gasteiger partial charge in [-0.1, -0.05) is 59.7 Å². The average molecular weight is 298 g/mol. The summed E-state index contributed by atoms with van der Waals surface area (Å²) in [5.41, 5.74) is 7.79. The van der Waals surface area contributed by atoms with Crippen LogP contribution in [-0.4, -0.2) is 4.98 Å². The molecular weight excluding hydrogens is 280 g/mol. The lowest BCUT2D eigenvalue weighted by molar-refractivity contribution is 1.18. The Morgan fingerprint density at radius 1 is 0.783 bits per heavy atom. The Bertz CT molecular complexity index is 883. The van der Waals surface area contributed by atoms with Gasteiger partial charge in [0, 0.05) is 11.1 Å². The van der Waals surface area contributed by atoms with E-state index in [-0.39, 0.29) is 0 Å². The molecule has 0 aliphatic heterocycles. The van der Waals surface area contributed by atoms with E-state index in [0.29, 0.717) is 5.56 Å². The van der Waals surface area contributed by atoms with Crippen molar-refractivity contribution in [1.82, 2.24) is 4.98 Å². The molecule has 0 N–H and O–H groups in total. The molecule has 23 heavy (non-hydrogen) atoms. The molecule has 0 radical (unpaired) electrons. The van der Waals surface area contributed by atoms with Crippen molar-refractivity contribution in [3.05, 3.63) is 77.0 Å². The maximum Gasteiger partial charge on any atom is 0.102 e. The number of rotatable bonds is 2. The topological polar surface area (TPSA) is 36.7 Å². The van der Waals surface area contributed by atoms with E-state index in [0.717, 1.165) is 28.1 Å². The summed E-state index contributed by atoms with van der Waals surface area (Å²) < 4.78 is 0. The smallest absolute Gasteiger partial charge is 0.102 e. The molecule has 0 spiro atoms.